The van der Waals surface area contributed by atoms with Gasteiger partial charge < -0.3 is 4.74 Å². The Labute approximate surface area is 48.5 Å². The van der Waals surface area contributed by atoms with Gasteiger partial charge in [-0.05, 0) is 18.2 Å². The summed E-state index contributed by atoms with van der Waals surface area (Å²) in [6, 6.07) is 0. The maximum Gasteiger partial charge on any atom is 0.176 e. The SMILES string of the molecule is COCCC=C=C=O. The number of ether oxygens (including phenoxy) is 1. The van der Waals surface area contributed by atoms with Gasteiger partial charge in [-0.3, -0.25) is 0 Å². The van der Waals surface area contributed by atoms with E-state index in [9.17, 15) is 4.79 Å². The molecule has 0 heterocycles. The van der Waals surface area contributed by atoms with Crippen molar-refractivity contribution in [1.82, 2.24) is 0 Å². The molecule has 0 atom stereocenters. The quantitative estimate of drug-likeness (QED) is 0.303. The molecule has 0 amide bonds. The van der Waals surface area contributed by atoms with Gasteiger partial charge in [0, 0.05) is 7.11 Å². The maximum atomic E-state index is 9.46. The Morgan fingerprint density at radius 2 is 2.50 bits per heavy atom. The van der Waals surface area contributed by atoms with E-state index in [-0.39, 0.29) is 0 Å². The van der Waals surface area contributed by atoms with Crippen LogP contribution in [0.4, 0.5) is 0 Å². The van der Waals surface area contributed by atoms with Crippen LogP contribution in [0, 0.1) is 0 Å². The average molecular weight is 112 g/mol. The number of methoxy groups -OCH3 is 1. The Hall–Kier alpha value is -0.810. The molecule has 0 unspecified atom stereocenters. The third-order valence-corrected chi connectivity index (χ3v) is 0.627. The summed E-state index contributed by atoms with van der Waals surface area (Å²) in [7, 11) is 1.61. The Bertz CT molecular complexity index is 116. The van der Waals surface area contributed by atoms with E-state index in [1.807, 2.05) is 0 Å². The Morgan fingerprint density at radius 3 is 3.00 bits per heavy atom. The van der Waals surface area contributed by atoms with Gasteiger partial charge in [0.05, 0.1) is 6.61 Å². The zero-order valence-corrected chi connectivity index (χ0v) is 4.81. The largest absolute Gasteiger partial charge is 0.384 e. The summed E-state index contributed by atoms with van der Waals surface area (Å²) in [6.07, 6.45) is 2.32. The fourth-order valence-electron chi connectivity index (χ4n) is 0.291. The van der Waals surface area contributed by atoms with Crippen LogP contribution in [0.2, 0.25) is 0 Å². The summed E-state index contributed by atoms with van der Waals surface area (Å²) in [5.74, 6) is 1.52. The van der Waals surface area contributed by atoms with Crippen LogP contribution >= 0.6 is 0 Å². The number of carbonyl (C=O) groups excluding carboxylic acids is 1. The maximum absolute atomic E-state index is 9.46. The van der Waals surface area contributed by atoms with Crippen LogP contribution in [-0.4, -0.2) is 19.7 Å². The smallest absolute Gasteiger partial charge is 0.176 e. The van der Waals surface area contributed by atoms with Gasteiger partial charge in [0.1, 0.15) is 0 Å². The van der Waals surface area contributed by atoms with Gasteiger partial charge in [0.25, 0.3) is 0 Å². The van der Waals surface area contributed by atoms with E-state index in [1.165, 1.54) is 5.94 Å². The lowest BCUT2D eigenvalue weighted by Crippen LogP contribution is -1.82. The molecule has 44 valence electrons. The molecular formula is C6H8O2. The summed E-state index contributed by atoms with van der Waals surface area (Å²) in [5.41, 5.74) is 2.27. The first-order valence-corrected chi connectivity index (χ1v) is 2.35. The summed E-state index contributed by atoms with van der Waals surface area (Å²) in [4.78, 5) is 9.46. The number of hydrogen-bond donors (Lipinski definition) is 0. The van der Waals surface area contributed by atoms with Crippen molar-refractivity contribution in [3.8, 4) is 0 Å². The monoisotopic (exact) mass is 112 g/mol. The van der Waals surface area contributed by atoms with Crippen molar-refractivity contribution < 1.29 is 9.53 Å². The second-order valence-electron chi connectivity index (χ2n) is 1.23. The lowest BCUT2D eigenvalue weighted by Gasteiger charge is -1.85. The standard InChI is InChI=1S/C6H8O2/c1-8-6-4-2-3-5-7/h2H,4,6H2,1H3. The Kier molecular flexibility index (Phi) is 5.56. The molecule has 0 aromatic heterocycles. The van der Waals surface area contributed by atoms with Crippen LogP contribution in [0.15, 0.2) is 11.8 Å². The van der Waals surface area contributed by atoms with E-state index in [4.69, 9.17) is 0 Å². The lowest BCUT2D eigenvalue weighted by molar-refractivity contribution is 0.204. The molecule has 0 saturated carbocycles. The third-order valence-electron chi connectivity index (χ3n) is 0.627. The zero-order chi connectivity index (χ0) is 6.24. The highest BCUT2D eigenvalue weighted by Crippen LogP contribution is 1.77. The highest BCUT2D eigenvalue weighted by Gasteiger charge is 1.72. The molecule has 0 saturated heterocycles. The van der Waals surface area contributed by atoms with E-state index in [2.05, 4.69) is 10.5 Å². The van der Waals surface area contributed by atoms with Crippen molar-refractivity contribution in [1.29, 1.82) is 0 Å². The predicted molar refractivity (Wildman–Crippen MR) is 30.3 cm³/mol. The molecule has 0 aliphatic carbocycles. The highest BCUT2D eigenvalue weighted by atomic mass is 16.5. The number of hydrogen-bond acceptors (Lipinski definition) is 2. The third kappa shape index (κ3) is 5.19. The first kappa shape index (κ1) is 7.19. The average Bonchev–Trinajstić information content (AvgIpc) is 1.81. The van der Waals surface area contributed by atoms with Gasteiger partial charge in [-0.15, -0.1) is 0 Å². The normalized spacial score (nSPS) is 7.12. The van der Waals surface area contributed by atoms with Gasteiger partial charge in [-0.2, -0.15) is 0 Å². The molecule has 0 fully saturated rings. The van der Waals surface area contributed by atoms with Gasteiger partial charge in [-0.25, -0.2) is 4.79 Å². The second-order valence-corrected chi connectivity index (χ2v) is 1.23. The molecule has 0 aliphatic rings. The van der Waals surface area contributed by atoms with E-state index in [0.29, 0.717) is 6.61 Å². The second kappa shape index (κ2) is 6.19. The molecule has 0 rings (SSSR count). The van der Waals surface area contributed by atoms with Crippen molar-refractivity contribution in [2.24, 2.45) is 0 Å². The lowest BCUT2D eigenvalue weighted by atomic mass is 10.4. The zero-order valence-electron chi connectivity index (χ0n) is 4.81. The van der Waals surface area contributed by atoms with Crippen LogP contribution in [0.5, 0.6) is 0 Å². The van der Waals surface area contributed by atoms with Crippen LogP contribution in [0.3, 0.4) is 0 Å². The minimum atomic E-state index is 0.634. The van der Waals surface area contributed by atoms with Gasteiger partial charge in [-0.1, -0.05) is 0 Å². The van der Waals surface area contributed by atoms with Crippen LogP contribution in [0.25, 0.3) is 0 Å². The van der Waals surface area contributed by atoms with Crippen molar-refractivity contribution in [2.75, 3.05) is 13.7 Å². The van der Waals surface area contributed by atoms with Crippen molar-refractivity contribution in [3.05, 3.63) is 11.8 Å². The minimum Gasteiger partial charge on any atom is -0.384 e. The summed E-state index contributed by atoms with van der Waals surface area (Å²) in [5, 5.41) is 0. The molecule has 0 spiro atoms. The van der Waals surface area contributed by atoms with Crippen molar-refractivity contribution >= 4 is 5.94 Å². The first-order valence-electron chi connectivity index (χ1n) is 2.35. The molecular weight excluding hydrogens is 104 g/mol. The van der Waals surface area contributed by atoms with Crippen LogP contribution in [-0.2, 0) is 9.53 Å². The Morgan fingerprint density at radius 1 is 1.75 bits per heavy atom. The molecule has 0 N–H and O–H groups in total. The molecule has 8 heavy (non-hydrogen) atoms. The molecule has 0 aromatic rings. The molecule has 0 aromatic carbocycles. The van der Waals surface area contributed by atoms with Crippen LogP contribution in [0.1, 0.15) is 6.42 Å². The van der Waals surface area contributed by atoms with Gasteiger partial charge in [0.2, 0.25) is 0 Å². The van der Waals surface area contributed by atoms with E-state index in [0.717, 1.165) is 6.42 Å². The van der Waals surface area contributed by atoms with Gasteiger partial charge in [0.15, 0.2) is 5.94 Å². The summed E-state index contributed by atoms with van der Waals surface area (Å²) < 4.78 is 4.69. The topological polar surface area (TPSA) is 26.3 Å². The molecule has 0 radical (unpaired) electrons. The first-order chi connectivity index (χ1) is 3.91. The summed E-state index contributed by atoms with van der Waals surface area (Å²) in [6.45, 7) is 0.634. The molecule has 2 nitrogen and oxygen atoms in total. The highest BCUT2D eigenvalue weighted by molar-refractivity contribution is 5.43. The van der Waals surface area contributed by atoms with E-state index in [1.54, 1.807) is 13.2 Å². The molecule has 2 heteroatoms. The minimum absolute atomic E-state index is 0.634. The van der Waals surface area contributed by atoms with Crippen LogP contribution < -0.4 is 0 Å². The van der Waals surface area contributed by atoms with E-state index >= 15 is 0 Å². The fraction of sp³-hybridized carbons (Fsp3) is 0.500. The number of rotatable bonds is 3. The van der Waals surface area contributed by atoms with Gasteiger partial charge >= 0.3 is 0 Å². The molecule has 0 bridgehead atoms. The van der Waals surface area contributed by atoms with E-state index < -0.39 is 0 Å². The summed E-state index contributed by atoms with van der Waals surface area (Å²) >= 11 is 0. The van der Waals surface area contributed by atoms with Crippen molar-refractivity contribution in [3.63, 3.8) is 0 Å². The fourth-order valence-corrected chi connectivity index (χ4v) is 0.291. The molecule has 0 aliphatic heterocycles. The Balaban J connectivity index is 3.16. The van der Waals surface area contributed by atoms with Crippen molar-refractivity contribution in [2.45, 2.75) is 6.42 Å². The predicted octanol–water partition coefficient (Wildman–Crippen LogP) is 0.566.